The highest BCUT2D eigenvalue weighted by Crippen LogP contribution is 2.46. The Hall–Kier alpha value is -7.57. The number of para-hydroxylation sites is 2. The molecule has 0 aliphatic heterocycles. The van der Waals surface area contributed by atoms with Gasteiger partial charge in [-0.25, -0.2) is 4.98 Å². The lowest BCUT2D eigenvalue weighted by atomic mass is 9.99. The fourth-order valence-corrected chi connectivity index (χ4v) is 11.1. The SMILES string of the molecule is c1ccc(-c2ccc(N(c3cccc(-c4nc5c6ccc(N(c7ccccc7)c7ccccc7)cc6c6ccccc6c5s4)c3)c3ccc4sc5ccccc5c4c3)cc2)cc1. The quantitative estimate of drug-likeness (QED) is 0.142. The highest BCUT2D eigenvalue weighted by molar-refractivity contribution is 7.25. The predicted molar refractivity (Wildman–Crippen MR) is 268 cm³/mol. The molecule has 0 bridgehead atoms. The first-order valence-electron chi connectivity index (χ1n) is 20.9. The largest absolute Gasteiger partial charge is 0.310 e. The first-order chi connectivity index (χ1) is 30.7. The number of thiazole rings is 1. The zero-order valence-electron chi connectivity index (χ0n) is 33.5. The van der Waals surface area contributed by atoms with E-state index in [9.17, 15) is 0 Å². The van der Waals surface area contributed by atoms with E-state index in [1.165, 1.54) is 52.2 Å². The van der Waals surface area contributed by atoms with Crippen molar-refractivity contribution in [2.45, 2.75) is 0 Å². The average Bonchev–Trinajstić information content (AvgIpc) is 3.96. The molecule has 0 amide bonds. The molecule has 3 nitrogen and oxygen atoms in total. The van der Waals surface area contributed by atoms with Crippen molar-refractivity contribution in [3.05, 3.63) is 224 Å². The van der Waals surface area contributed by atoms with E-state index in [2.05, 4.69) is 234 Å². The Kier molecular flexibility index (Phi) is 8.87. The van der Waals surface area contributed by atoms with Gasteiger partial charge >= 0.3 is 0 Å². The summed E-state index contributed by atoms with van der Waals surface area (Å²) < 4.78 is 3.79. The van der Waals surface area contributed by atoms with Gasteiger partial charge in [0.15, 0.2) is 0 Å². The number of fused-ring (bicyclic) bond motifs is 9. The summed E-state index contributed by atoms with van der Waals surface area (Å²) in [5, 5.41) is 8.34. The molecule has 292 valence electrons. The second kappa shape index (κ2) is 15.2. The summed E-state index contributed by atoms with van der Waals surface area (Å²) in [6.45, 7) is 0. The van der Waals surface area contributed by atoms with Crippen LogP contribution in [0.4, 0.5) is 34.1 Å². The number of hydrogen-bond donors (Lipinski definition) is 0. The molecule has 12 rings (SSSR count). The minimum Gasteiger partial charge on any atom is -0.310 e. The van der Waals surface area contributed by atoms with E-state index in [0.29, 0.717) is 0 Å². The average molecular weight is 828 g/mol. The maximum Gasteiger partial charge on any atom is 0.124 e. The van der Waals surface area contributed by atoms with Gasteiger partial charge in [0.25, 0.3) is 0 Å². The van der Waals surface area contributed by atoms with Gasteiger partial charge in [-0.15, -0.1) is 22.7 Å². The van der Waals surface area contributed by atoms with Gasteiger partial charge in [-0.05, 0) is 107 Å². The van der Waals surface area contributed by atoms with Crippen molar-refractivity contribution in [2.75, 3.05) is 9.80 Å². The van der Waals surface area contributed by atoms with Crippen molar-refractivity contribution in [3.8, 4) is 21.7 Å². The van der Waals surface area contributed by atoms with E-state index < -0.39 is 0 Å². The van der Waals surface area contributed by atoms with E-state index >= 15 is 0 Å². The van der Waals surface area contributed by atoms with Crippen LogP contribution in [-0.4, -0.2) is 4.98 Å². The Morgan fingerprint density at radius 2 is 0.790 bits per heavy atom. The van der Waals surface area contributed by atoms with Gasteiger partial charge in [0.2, 0.25) is 0 Å². The summed E-state index contributed by atoms with van der Waals surface area (Å²) in [5.41, 5.74) is 11.1. The highest BCUT2D eigenvalue weighted by Gasteiger charge is 2.20. The van der Waals surface area contributed by atoms with Gasteiger partial charge in [0.05, 0.1) is 10.2 Å². The van der Waals surface area contributed by atoms with Gasteiger partial charge in [-0.2, -0.15) is 0 Å². The fraction of sp³-hybridized carbons (Fsp3) is 0. The van der Waals surface area contributed by atoms with Crippen LogP contribution in [0.25, 0.3) is 73.6 Å². The highest BCUT2D eigenvalue weighted by atomic mass is 32.1. The van der Waals surface area contributed by atoms with Crippen molar-refractivity contribution in [3.63, 3.8) is 0 Å². The lowest BCUT2D eigenvalue weighted by Crippen LogP contribution is -2.10. The molecule has 0 aliphatic carbocycles. The van der Waals surface area contributed by atoms with Gasteiger partial charge in [0.1, 0.15) is 5.01 Å². The molecule has 2 heterocycles. The molecule has 62 heavy (non-hydrogen) atoms. The van der Waals surface area contributed by atoms with E-state index in [1.54, 1.807) is 11.3 Å². The minimum absolute atomic E-state index is 0.998. The van der Waals surface area contributed by atoms with Crippen molar-refractivity contribution in [2.24, 2.45) is 0 Å². The number of benzene rings is 10. The molecule has 0 saturated heterocycles. The minimum atomic E-state index is 0.998. The molecule has 12 aromatic rings. The van der Waals surface area contributed by atoms with Crippen molar-refractivity contribution in [1.82, 2.24) is 4.98 Å². The molecule has 0 spiro atoms. The number of rotatable bonds is 8. The molecular weight excluding hydrogens is 791 g/mol. The number of hydrogen-bond acceptors (Lipinski definition) is 5. The molecule has 2 aromatic heterocycles. The maximum absolute atomic E-state index is 5.50. The van der Waals surface area contributed by atoms with Crippen LogP contribution < -0.4 is 9.80 Å². The Balaban J connectivity index is 1.00. The molecule has 0 fully saturated rings. The molecule has 5 heteroatoms. The van der Waals surface area contributed by atoms with E-state index in [1.807, 2.05) is 11.3 Å². The van der Waals surface area contributed by atoms with Gasteiger partial charge in [0, 0.05) is 70.6 Å². The van der Waals surface area contributed by atoms with Crippen LogP contribution in [0.1, 0.15) is 0 Å². The predicted octanol–water partition coefficient (Wildman–Crippen LogP) is 17.2. The van der Waals surface area contributed by atoms with Gasteiger partial charge in [-0.1, -0.05) is 140 Å². The first-order valence-corrected chi connectivity index (χ1v) is 22.5. The summed E-state index contributed by atoms with van der Waals surface area (Å²) in [7, 11) is 0. The first kappa shape index (κ1) is 36.3. The van der Waals surface area contributed by atoms with E-state index in [4.69, 9.17) is 4.98 Å². The van der Waals surface area contributed by atoms with Crippen LogP contribution in [0.5, 0.6) is 0 Å². The smallest absolute Gasteiger partial charge is 0.124 e. The number of nitrogens with zero attached hydrogens (tertiary/aromatic N) is 3. The molecule has 0 unspecified atom stereocenters. The second-order valence-electron chi connectivity index (χ2n) is 15.6. The summed E-state index contributed by atoms with van der Waals surface area (Å²) in [6, 6.07) is 80.9. The second-order valence-corrected chi connectivity index (χ2v) is 17.6. The van der Waals surface area contributed by atoms with Crippen LogP contribution in [0.3, 0.4) is 0 Å². The number of aromatic nitrogens is 1. The Morgan fingerprint density at radius 3 is 1.53 bits per heavy atom. The van der Waals surface area contributed by atoms with Crippen molar-refractivity contribution >= 4 is 109 Å². The molecule has 0 N–H and O–H groups in total. The van der Waals surface area contributed by atoms with Crippen molar-refractivity contribution < 1.29 is 0 Å². The third-order valence-corrected chi connectivity index (χ3v) is 14.1. The molecular formula is C57H37N3S2. The molecule has 10 aromatic carbocycles. The van der Waals surface area contributed by atoms with Crippen LogP contribution in [0.2, 0.25) is 0 Å². The zero-order valence-corrected chi connectivity index (χ0v) is 35.2. The lowest BCUT2D eigenvalue weighted by molar-refractivity contribution is 1.29. The van der Waals surface area contributed by atoms with Crippen LogP contribution in [0, 0.1) is 0 Å². The summed E-state index contributed by atoms with van der Waals surface area (Å²) >= 11 is 3.62. The zero-order chi connectivity index (χ0) is 41.0. The van der Waals surface area contributed by atoms with Gasteiger partial charge < -0.3 is 9.80 Å². The lowest BCUT2D eigenvalue weighted by Gasteiger charge is -2.26. The molecule has 0 radical (unpaired) electrons. The molecule has 0 atom stereocenters. The molecule has 0 saturated carbocycles. The monoisotopic (exact) mass is 827 g/mol. The number of anilines is 6. The van der Waals surface area contributed by atoms with Gasteiger partial charge in [-0.3, -0.25) is 0 Å². The van der Waals surface area contributed by atoms with E-state index in [-0.39, 0.29) is 0 Å². The Labute approximate surface area is 367 Å². The fourth-order valence-electron chi connectivity index (χ4n) is 8.94. The Morgan fingerprint density at radius 1 is 0.290 bits per heavy atom. The van der Waals surface area contributed by atoms with Crippen LogP contribution >= 0.6 is 22.7 Å². The summed E-state index contributed by atoms with van der Waals surface area (Å²) in [5.74, 6) is 0. The van der Waals surface area contributed by atoms with Crippen LogP contribution in [0.15, 0.2) is 224 Å². The molecule has 0 aliphatic rings. The maximum atomic E-state index is 5.50. The third kappa shape index (κ3) is 6.29. The number of thiophene rings is 1. The van der Waals surface area contributed by atoms with E-state index in [0.717, 1.165) is 55.6 Å². The normalized spacial score (nSPS) is 11.5. The summed E-state index contributed by atoms with van der Waals surface area (Å²) in [6.07, 6.45) is 0. The summed E-state index contributed by atoms with van der Waals surface area (Å²) in [4.78, 5) is 10.2. The third-order valence-electron chi connectivity index (χ3n) is 11.8. The standard InChI is InChI=1S/C57H37N3S2/c1-4-15-38(16-5-1)39-27-29-43(30-28-39)60(46-32-34-54-52(37-46)48-24-12-13-26-53(48)61-54)44-22-14-17-40(35-44)57-58-55-49-33-31-45(36-51(49)47-23-10-11-25-50(47)56(55)62-57)59(41-18-6-2-7-19-41)42-20-8-3-9-21-42/h1-37H. The topological polar surface area (TPSA) is 19.4 Å². The Bertz CT molecular complexity index is 3540. The van der Waals surface area contributed by atoms with Crippen molar-refractivity contribution in [1.29, 1.82) is 0 Å². The van der Waals surface area contributed by atoms with Crippen LogP contribution in [-0.2, 0) is 0 Å².